The fourth-order valence-corrected chi connectivity index (χ4v) is 2.24. The number of aromatic nitrogens is 1. The number of fused-ring (bicyclic) bond motifs is 2. The van der Waals surface area contributed by atoms with E-state index in [1.165, 1.54) is 33.5 Å². The van der Waals surface area contributed by atoms with Crippen LogP contribution in [-0.4, -0.2) is 11.5 Å². The second-order valence-corrected chi connectivity index (χ2v) is 4.49. The predicted octanol–water partition coefficient (Wildman–Crippen LogP) is 4.69. The number of anilines is 1. The minimum absolute atomic E-state index is 1.11. The highest BCUT2D eigenvalue weighted by molar-refractivity contribution is 5.78. The molecule has 4 rings (SSSR count). The SMILES string of the molecule is [N-]=[N+]=[N-].c1ccc2[nH]ccc2c1.c1ccc2c(c1)CCN2. The molecule has 21 heavy (non-hydrogen) atoms. The van der Waals surface area contributed by atoms with Gasteiger partial charge >= 0.3 is 0 Å². The maximum absolute atomic E-state index is 6.75. The Morgan fingerprint density at radius 1 is 0.905 bits per heavy atom. The highest BCUT2D eigenvalue weighted by Gasteiger charge is 2.05. The Balaban J connectivity index is 0.000000130. The van der Waals surface area contributed by atoms with E-state index in [9.17, 15) is 0 Å². The normalized spacial score (nSPS) is 11.0. The van der Waals surface area contributed by atoms with E-state index in [-0.39, 0.29) is 0 Å². The van der Waals surface area contributed by atoms with Crippen molar-refractivity contribution in [2.75, 3.05) is 11.9 Å². The Hall–Kier alpha value is -2.91. The van der Waals surface area contributed by atoms with Gasteiger partial charge in [-0.2, -0.15) is 0 Å². The number of rotatable bonds is 0. The first-order chi connectivity index (χ1) is 10.3. The summed E-state index contributed by atoms with van der Waals surface area (Å²) in [5.41, 5.74) is 17.5. The van der Waals surface area contributed by atoms with Crippen molar-refractivity contribution in [3.05, 3.63) is 82.3 Å². The molecule has 0 amide bonds. The van der Waals surface area contributed by atoms with E-state index in [0.717, 1.165) is 6.54 Å². The molecule has 0 atom stereocenters. The molecule has 3 aromatic rings. The van der Waals surface area contributed by atoms with Gasteiger partial charge in [0.25, 0.3) is 0 Å². The zero-order chi connectivity index (χ0) is 14.9. The molecule has 2 N–H and O–H groups in total. The number of nitrogens with zero attached hydrogens (tertiary/aromatic N) is 3. The smallest absolute Gasteiger partial charge is 0.0453 e. The van der Waals surface area contributed by atoms with E-state index < -0.39 is 0 Å². The first-order valence-corrected chi connectivity index (χ1v) is 6.67. The molecule has 2 aromatic carbocycles. The fraction of sp³-hybridized carbons (Fsp3) is 0.125. The Labute approximate surface area is 123 Å². The van der Waals surface area contributed by atoms with Crippen LogP contribution in [-0.2, 0) is 6.42 Å². The second-order valence-electron chi connectivity index (χ2n) is 4.49. The van der Waals surface area contributed by atoms with E-state index in [2.05, 4.69) is 52.8 Å². The summed E-state index contributed by atoms with van der Waals surface area (Å²) in [5.74, 6) is 0. The number of H-pyrrole nitrogens is 1. The number of nitrogens with one attached hydrogen (secondary N) is 2. The highest BCUT2D eigenvalue weighted by Crippen LogP contribution is 2.19. The van der Waals surface area contributed by atoms with Gasteiger partial charge in [-0.25, -0.2) is 0 Å². The molecular weight excluding hydrogens is 262 g/mol. The largest absolute Gasteiger partial charge is 0.384 e. The van der Waals surface area contributed by atoms with Gasteiger partial charge in [-0.15, -0.1) is 0 Å². The summed E-state index contributed by atoms with van der Waals surface area (Å²) in [6.07, 6.45) is 3.14. The quantitative estimate of drug-likeness (QED) is 0.349. The minimum atomic E-state index is 1.11. The van der Waals surface area contributed by atoms with Crippen LogP contribution < -0.4 is 5.32 Å². The second kappa shape index (κ2) is 7.62. The lowest BCUT2D eigenvalue weighted by Crippen LogP contribution is -1.90. The van der Waals surface area contributed by atoms with Gasteiger partial charge < -0.3 is 21.4 Å². The highest BCUT2D eigenvalue weighted by atomic mass is 15.0. The van der Waals surface area contributed by atoms with Gasteiger partial charge in [0.05, 0.1) is 0 Å². The third kappa shape index (κ3) is 4.03. The van der Waals surface area contributed by atoms with Crippen LogP contribution in [0.3, 0.4) is 0 Å². The Bertz CT molecular complexity index is 673. The van der Waals surface area contributed by atoms with Crippen LogP contribution in [0.1, 0.15) is 5.56 Å². The molecule has 1 aliphatic heterocycles. The van der Waals surface area contributed by atoms with E-state index in [1.54, 1.807) is 0 Å². The van der Waals surface area contributed by atoms with Crippen LogP contribution in [0.15, 0.2) is 60.8 Å². The van der Waals surface area contributed by atoms with Crippen LogP contribution in [0.2, 0.25) is 0 Å². The van der Waals surface area contributed by atoms with Crippen LogP contribution in [0.5, 0.6) is 0 Å². The van der Waals surface area contributed by atoms with Crippen LogP contribution in [0, 0.1) is 0 Å². The maximum Gasteiger partial charge on any atom is 0.0453 e. The molecule has 0 bridgehead atoms. The fourth-order valence-electron chi connectivity index (χ4n) is 2.24. The molecule has 5 heteroatoms. The molecule has 0 fully saturated rings. The summed E-state index contributed by atoms with van der Waals surface area (Å²) in [6.45, 7) is 1.11. The molecule has 0 radical (unpaired) electrons. The molecule has 0 unspecified atom stereocenters. The van der Waals surface area contributed by atoms with Crippen LogP contribution in [0.25, 0.3) is 26.9 Å². The van der Waals surface area contributed by atoms with E-state index in [0.29, 0.717) is 0 Å². The number of para-hydroxylation sites is 2. The molecule has 106 valence electrons. The van der Waals surface area contributed by atoms with Crippen molar-refractivity contribution in [1.82, 2.24) is 4.98 Å². The molecule has 1 aromatic heterocycles. The molecule has 0 saturated heterocycles. The average Bonchev–Trinajstić information content (AvgIpc) is 3.17. The zero-order valence-electron chi connectivity index (χ0n) is 11.5. The van der Waals surface area contributed by atoms with Gasteiger partial charge in [0.15, 0.2) is 0 Å². The van der Waals surface area contributed by atoms with Gasteiger partial charge in [-0.1, -0.05) is 36.4 Å². The van der Waals surface area contributed by atoms with E-state index >= 15 is 0 Å². The lowest BCUT2D eigenvalue weighted by Gasteiger charge is -1.94. The lowest BCUT2D eigenvalue weighted by molar-refractivity contribution is 1.11. The molecule has 0 saturated carbocycles. The summed E-state index contributed by atoms with van der Waals surface area (Å²) in [5, 5.41) is 4.58. The summed E-state index contributed by atoms with van der Waals surface area (Å²) >= 11 is 0. The summed E-state index contributed by atoms with van der Waals surface area (Å²) < 4.78 is 0. The van der Waals surface area contributed by atoms with Crippen molar-refractivity contribution in [3.63, 3.8) is 0 Å². The zero-order valence-corrected chi connectivity index (χ0v) is 11.5. The van der Waals surface area contributed by atoms with Crippen molar-refractivity contribution in [2.45, 2.75) is 6.42 Å². The minimum Gasteiger partial charge on any atom is -0.384 e. The van der Waals surface area contributed by atoms with Gasteiger partial charge in [-0.05, 0) is 35.6 Å². The molecule has 5 nitrogen and oxygen atoms in total. The standard InChI is InChI=1S/C8H9N.C8H7N.N3/c2*1-2-4-8-7(3-1)5-6-9-8;1-3-2/h1-4,9H,5-6H2;1-6,9H;/q;;-1. The molecule has 0 spiro atoms. The Morgan fingerprint density at radius 2 is 1.62 bits per heavy atom. The van der Waals surface area contributed by atoms with Gasteiger partial charge in [0, 0.05) is 23.9 Å². The summed E-state index contributed by atoms with van der Waals surface area (Å²) in [4.78, 5) is 4.62. The van der Waals surface area contributed by atoms with Crippen molar-refractivity contribution in [2.24, 2.45) is 0 Å². The number of benzene rings is 2. The summed E-state index contributed by atoms with van der Waals surface area (Å²) in [7, 11) is 0. The molecule has 2 heterocycles. The average molecular weight is 278 g/mol. The maximum atomic E-state index is 6.75. The third-order valence-electron chi connectivity index (χ3n) is 3.19. The molecule has 0 aliphatic carbocycles. The first kappa shape index (κ1) is 14.5. The van der Waals surface area contributed by atoms with Crippen LogP contribution in [0.4, 0.5) is 5.69 Å². The van der Waals surface area contributed by atoms with E-state index in [4.69, 9.17) is 11.1 Å². The lowest BCUT2D eigenvalue weighted by atomic mass is 10.2. The summed E-state index contributed by atoms with van der Waals surface area (Å²) in [6, 6.07) is 18.7. The third-order valence-corrected chi connectivity index (χ3v) is 3.19. The van der Waals surface area contributed by atoms with Gasteiger partial charge in [0.1, 0.15) is 0 Å². The van der Waals surface area contributed by atoms with E-state index in [1.807, 2.05) is 18.3 Å². The molecular formula is C16H16N5-. The Kier molecular flexibility index (Phi) is 5.26. The topological polar surface area (TPSA) is 86.5 Å². The monoisotopic (exact) mass is 278 g/mol. The Morgan fingerprint density at radius 3 is 2.38 bits per heavy atom. The van der Waals surface area contributed by atoms with Gasteiger partial charge in [0.2, 0.25) is 0 Å². The van der Waals surface area contributed by atoms with Crippen molar-refractivity contribution >= 4 is 16.6 Å². The van der Waals surface area contributed by atoms with Crippen molar-refractivity contribution in [1.29, 1.82) is 0 Å². The molecule has 1 aliphatic rings. The predicted molar refractivity (Wildman–Crippen MR) is 87.0 cm³/mol. The first-order valence-electron chi connectivity index (χ1n) is 6.67. The number of aromatic amines is 1. The van der Waals surface area contributed by atoms with Gasteiger partial charge in [-0.3, -0.25) is 4.91 Å². The van der Waals surface area contributed by atoms with Crippen molar-refractivity contribution in [3.8, 4) is 0 Å². The number of hydrogen-bond acceptors (Lipinski definition) is 1. The van der Waals surface area contributed by atoms with Crippen LogP contribution >= 0.6 is 0 Å². The van der Waals surface area contributed by atoms with Crippen molar-refractivity contribution < 1.29 is 0 Å². The number of hydrogen-bond donors (Lipinski definition) is 2.